The number of phenols is 2. The first-order valence-corrected chi connectivity index (χ1v) is 11.3. The number of aliphatic imine (C=N–C) groups is 4. The zero-order valence-corrected chi connectivity index (χ0v) is 19.0. The molecule has 0 saturated carbocycles. The Kier molecular flexibility index (Phi) is 8.72. The summed E-state index contributed by atoms with van der Waals surface area (Å²) in [7, 11) is 0. The molecule has 2 aromatic rings. The molecule has 0 fully saturated rings. The van der Waals surface area contributed by atoms with Gasteiger partial charge < -0.3 is 10.2 Å². The van der Waals surface area contributed by atoms with E-state index in [4.69, 9.17) is 0 Å². The summed E-state index contributed by atoms with van der Waals surface area (Å²) in [6.07, 6.45) is 10.2. The van der Waals surface area contributed by atoms with Crippen molar-refractivity contribution in [2.45, 2.75) is 39.5 Å². The number of fused-ring (bicyclic) bond motifs is 4. The van der Waals surface area contributed by atoms with Crippen molar-refractivity contribution in [1.82, 2.24) is 0 Å². The Morgan fingerprint density at radius 3 is 1.09 bits per heavy atom. The zero-order valence-electron chi connectivity index (χ0n) is 19.0. The Morgan fingerprint density at radius 1 is 0.562 bits per heavy atom. The average Bonchev–Trinajstić information content (AvgIpc) is 2.80. The van der Waals surface area contributed by atoms with Crippen molar-refractivity contribution in [1.29, 1.82) is 0 Å². The molecule has 2 N–H and O–H groups in total. The lowest BCUT2D eigenvalue weighted by atomic mass is 10.0. The van der Waals surface area contributed by atoms with Gasteiger partial charge in [0, 0.05) is 73.3 Å². The molecule has 0 aliphatic carbocycles. The third kappa shape index (κ3) is 6.36. The van der Waals surface area contributed by atoms with E-state index < -0.39 is 0 Å². The second kappa shape index (κ2) is 11.9. The minimum atomic E-state index is 0.209. The number of nitrogens with zero attached hydrogens (tertiary/aromatic N) is 4. The maximum atomic E-state index is 10.6. The van der Waals surface area contributed by atoms with Crippen molar-refractivity contribution in [2.75, 3.05) is 26.2 Å². The summed E-state index contributed by atoms with van der Waals surface area (Å²) < 4.78 is 0. The molecule has 6 nitrogen and oxygen atoms in total. The van der Waals surface area contributed by atoms with E-state index in [2.05, 4.69) is 33.8 Å². The second-order valence-corrected chi connectivity index (χ2v) is 7.80. The lowest BCUT2D eigenvalue weighted by Gasteiger charge is -2.08. The molecule has 0 aromatic heterocycles. The SMILES string of the molecule is CCc1cc2c(O)c(c1)C=NCCCN=Cc1cc(CC)cc(c1O)C=NCCCN=C2. The van der Waals surface area contributed by atoms with Gasteiger partial charge in [0.1, 0.15) is 11.5 Å². The van der Waals surface area contributed by atoms with E-state index in [9.17, 15) is 10.2 Å². The van der Waals surface area contributed by atoms with E-state index in [-0.39, 0.29) is 11.5 Å². The largest absolute Gasteiger partial charge is 0.507 e. The summed E-state index contributed by atoms with van der Waals surface area (Å²) in [6, 6.07) is 7.87. The number of hydrogen-bond donors (Lipinski definition) is 2. The third-order valence-corrected chi connectivity index (χ3v) is 5.34. The molecule has 2 aromatic carbocycles. The highest BCUT2D eigenvalue weighted by Crippen LogP contribution is 2.24. The van der Waals surface area contributed by atoms with Gasteiger partial charge in [0.15, 0.2) is 0 Å². The monoisotopic (exact) mass is 432 g/mol. The number of benzene rings is 2. The molecule has 0 amide bonds. The molecule has 1 heterocycles. The zero-order chi connectivity index (χ0) is 22.8. The maximum Gasteiger partial charge on any atom is 0.133 e. The number of aromatic hydroxyl groups is 2. The molecule has 4 bridgehead atoms. The number of aryl methyl sites for hydroxylation is 2. The minimum Gasteiger partial charge on any atom is -0.507 e. The summed E-state index contributed by atoms with van der Waals surface area (Å²) in [4.78, 5) is 17.9. The quantitative estimate of drug-likeness (QED) is 0.737. The molecular weight excluding hydrogens is 400 g/mol. The van der Waals surface area contributed by atoms with Gasteiger partial charge in [-0.3, -0.25) is 20.0 Å². The van der Waals surface area contributed by atoms with Crippen molar-refractivity contribution in [2.24, 2.45) is 20.0 Å². The Labute approximate surface area is 190 Å². The standard InChI is InChI=1S/C26H32N4O2/c1-3-19-11-21-15-27-7-5-9-29-17-23-13-20(4-2)14-24(26(23)32)18-30-10-6-8-28-16-22(12-19)25(21)31/h11-18,31-32H,3-10H2,1-2H3. The summed E-state index contributed by atoms with van der Waals surface area (Å²) >= 11 is 0. The van der Waals surface area contributed by atoms with Crippen LogP contribution in [0.2, 0.25) is 0 Å². The fourth-order valence-corrected chi connectivity index (χ4v) is 3.45. The van der Waals surface area contributed by atoms with Gasteiger partial charge in [0.2, 0.25) is 0 Å². The van der Waals surface area contributed by atoms with Crippen LogP contribution in [0.5, 0.6) is 11.5 Å². The molecular formula is C26H32N4O2. The molecule has 32 heavy (non-hydrogen) atoms. The predicted octanol–water partition coefficient (Wildman–Crippen LogP) is 4.39. The highest BCUT2D eigenvalue weighted by atomic mass is 16.3. The molecule has 0 unspecified atom stereocenters. The molecule has 0 atom stereocenters. The van der Waals surface area contributed by atoms with Crippen LogP contribution in [0.3, 0.4) is 0 Å². The van der Waals surface area contributed by atoms with Crippen LogP contribution in [-0.4, -0.2) is 61.3 Å². The average molecular weight is 433 g/mol. The van der Waals surface area contributed by atoms with E-state index in [0.717, 1.165) is 36.8 Å². The Morgan fingerprint density at radius 2 is 0.844 bits per heavy atom. The molecule has 1 aliphatic rings. The molecule has 168 valence electrons. The van der Waals surface area contributed by atoms with Crippen LogP contribution in [0.15, 0.2) is 44.2 Å². The van der Waals surface area contributed by atoms with E-state index >= 15 is 0 Å². The molecule has 3 rings (SSSR count). The molecule has 0 radical (unpaired) electrons. The van der Waals surface area contributed by atoms with Crippen LogP contribution in [0, 0.1) is 0 Å². The Bertz CT molecular complexity index is 885. The summed E-state index contributed by atoms with van der Waals surface area (Å²) in [5.74, 6) is 0.418. The summed E-state index contributed by atoms with van der Waals surface area (Å²) in [5, 5.41) is 21.2. The lowest BCUT2D eigenvalue weighted by Crippen LogP contribution is -1.97. The molecule has 0 spiro atoms. The first kappa shape index (κ1) is 23.4. The Hall–Kier alpha value is -3.28. The van der Waals surface area contributed by atoms with E-state index in [0.29, 0.717) is 48.4 Å². The number of hydrogen-bond acceptors (Lipinski definition) is 6. The Balaban J connectivity index is 1.85. The smallest absolute Gasteiger partial charge is 0.133 e. The number of rotatable bonds is 2. The van der Waals surface area contributed by atoms with Crippen LogP contribution in [-0.2, 0) is 12.8 Å². The summed E-state index contributed by atoms with van der Waals surface area (Å²) in [5.41, 5.74) is 5.11. The predicted molar refractivity (Wildman–Crippen MR) is 134 cm³/mol. The van der Waals surface area contributed by atoms with Gasteiger partial charge in [-0.15, -0.1) is 0 Å². The fraction of sp³-hybridized carbons (Fsp3) is 0.385. The van der Waals surface area contributed by atoms with Crippen molar-refractivity contribution in [3.05, 3.63) is 57.6 Å². The molecule has 1 aliphatic heterocycles. The third-order valence-electron chi connectivity index (χ3n) is 5.34. The first-order chi connectivity index (χ1) is 15.6. The summed E-state index contributed by atoms with van der Waals surface area (Å²) in [6.45, 7) is 6.60. The van der Waals surface area contributed by atoms with Crippen molar-refractivity contribution < 1.29 is 10.2 Å². The van der Waals surface area contributed by atoms with Crippen LogP contribution in [0.4, 0.5) is 0 Å². The van der Waals surface area contributed by atoms with Gasteiger partial charge >= 0.3 is 0 Å². The van der Waals surface area contributed by atoms with Crippen molar-refractivity contribution in [3.8, 4) is 11.5 Å². The van der Waals surface area contributed by atoms with Gasteiger partial charge in [0.05, 0.1) is 0 Å². The van der Waals surface area contributed by atoms with E-state index in [1.54, 1.807) is 24.9 Å². The molecule has 0 saturated heterocycles. The van der Waals surface area contributed by atoms with Crippen LogP contribution >= 0.6 is 0 Å². The lowest BCUT2D eigenvalue weighted by molar-refractivity contribution is 0.473. The van der Waals surface area contributed by atoms with Crippen LogP contribution < -0.4 is 0 Å². The van der Waals surface area contributed by atoms with Crippen molar-refractivity contribution in [3.63, 3.8) is 0 Å². The molecule has 6 heteroatoms. The van der Waals surface area contributed by atoms with Crippen LogP contribution in [0.25, 0.3) is 0 Å². The van der Waals surface area contributed by atoms with E-state index in [1.807, 2.05) is 24.3 Å². The second-order valence-electron chi connectivity index (χ2n) is 7.80. The van der Waals surface area contributed by atoms with Gasteiger partial charge in [-0.2, -0.15) is 0 Å². The maximum absolute atomic E-state index is 10.6. The fourth-order valence-electron chi connectivity index (χ4n) is 3.45. The first-order valence-electron chi connectivity index (χ1n) is 11.3. The number of phenolic OH excluding ortho intramolecular Hbond substituents is 2. The van der Waals surface area contributed by atoms with Crippen LogP contribution in [0.1, 0.15) is 60.1 Å². The van der Waals surface area contributed by atoms with E-state index in [1.165, 1.54) is 0 Å². The highest BCUT2D eigenvalue weighted by Gasteiger charge is 2.08. The van der Waals surface area contributed by atoms with Gasteiger partial charge in [-0.1, -0.05) is 13.8 Å². The van der Waals surface area contributed by atoms with Crippen molar-refractivity contribution >= 4 is 24.9 Å². The van der Waals surface area contributed by atoms with Gasteiger partial charge in [0.25, 0.3) is 0 Å². The van der Waals surface area contributed by atoms with Gasteiger partial charge in [-0.25, -0.2) is 0 Å². The topological polar surface area (TPSA) is 89.9 Å². The van der Waals surface area contributed by atoms with Gasteiger partial charge in [-0.05, 0) is 61.1 Å². The minimum absolute atomic E-state index is 0.209. The highest BCUT2D eigenvalue weighted by molar-refractivity contribution is 5.93. The normalized spacial score (nSPS) is 15.1.